The van der Waals surface area contributed by atoms with Crippen molar-refractivity contribution in [2.45, 2.75) is 40.2 Å². The molecule has 1 unspecified atom stereocenters. The Hall–Kier alpha value is -2.07. The third-order valence-electron chi connectivity index (χ3n) is 3.69. The van der Waals surface area contributed by atoms with Gasteiger partial charge in [0, 0.05) is 17.9 Å². The number of amides is 1. The number of aromatic nitrogens is 1. The zero-order chi connectivity index (χ0) is 17.0. The Morgan fingerprint density at radius 3 is 2.70 bits per heavy atom. The van der Waals surface area contributed by atoms with Crippen LogP contribution in [0.4, 0.5) is 11.4 Å². The first-order chi connectivity index (χ1) is 10.9. The summed E-state index contributed by atoms with van der Waals surface area (Å²) >= 11 is 6.24. The van der Waals surface area contributed by atoms with Gasteiger partial charge in [0.2, 0.25) is 0 Å². The number of carbonyl (C=O) groups excluding carboxylic acids is 1. The van der Waals surface area contributed by atoms with Crippen molar-refractivity contribution < 1.29 is 4.79 Å². The van der Waals surface area contributed by atoms with Crippen LogP contribution in [0.25, 0.3) is 0 Å². The zero-order valence-electron chi connectivity index (χ0n) is 13.9. The fourth-order valence-electron chi connectivity index (χ4n) is 2.28. The Labute approximate surface area is 142 Å². The van der Waals surface area contributed by atoms with Gasteiger partial charge in [-0.25, -0.2) is 0 Å². The van der Waals surface area contributed by atoms with Crippen molar-refractivity contribution in [3.63, 3.8) is 0 Å². The molecule has 5 heteroatoms. The quantitative estimate of drug-likeness (QED) is 0.826. The average Bonchev–Trinajstić information content (AvgIpc) is 2.50. The highest BCUT2D eigenvalue weighted by molar-refractivity contribution is 6.34. The third-order valence-corrected chi connectivity index (χ3v) is 3.99. The summed E-state index contributed by atoms with van der Waals surface area (Å²) < 4.78 is 0. The molecule has 1 aromatic heterocycles. The van der Waals surface area contributed by atoms with Crippen molar-refractivity contribution in [3.05, 3.63) is 52.3 Å². The van der Waals surface area contributed by atoms with Gasteiger partial charge < -0.3 is 10.6 Å². The van der Waals surface area contributed by atoms with E-state index in [0.717, 1.165) is 23.2 Å². The van der Waals surface area contributed by atoms with Crippen molar-refractivity contribution in [3.8, 4) is 0 Å². The highest BCUT2D eigenvalue weighted by Gasteiger charge is 2.13. The van der Waals surface area contributed by atoms with Gasteiger partial charge in [0.25, 0.3) is 5.91 Å². The van der Waals surface area contributed by atoms with Crippen molar-refractivity contribution >= 4 is 28.9 Å². The minimum atomic E-state index is -0.272. The van der Waals surface area contributed by atoms with Crippen molar-refractivity contribution in [2.24, 2.45) is 0 Å². The molecule has 0 bridgehead atoms. The van der Waals surface area contributed by atoms with Gasteiger partial charge >= 0.3 is 0 Å². The number of nitrogens with one attached hydrogen (secondary N) is 2. The summed E-state index contributed by atoms with van der Waals surface area (Å²) in [5, 5.41) is 6.72. The standard InChI is InChI=1S/C18H22ClN3O/c1-5-13(4)21-14-6-7-20-16(10-14)18(23)22-17-12(3)8-11(2)9-15(17)19/h6-10,13H,5H2,1-4H3,(H,20,21)(H,22,23). The normalized spacial score (nSPS) is 11.9. The van der Waals surface area contributed by atoms with Crippen molar-refractivity contribution in [2.75, 3.05) is 10.6 Å². The Bertz CT molecular complexity index is 692. The number of hydrogen-bond donors (Lipinski definition) is 2. The monoisotopic (exact) mass is 331 g/mol. The fraction of sp³-hybridized carbons (Fsp3) is 0.333. The molecule has 1 aromatic carbocycles. The SMILES string of the molecule is CCC(C)Nc1ccnc(C(=O)Nc2c(C)cc(C)cc2Cl)c1. The minimum absolute atomic E-state index is 0.272. The van der Waals surface area contributed by atoms with Crippen LogP contribution in [0.5, 0.6) is 0 Å². The van der Waals surface area contributed by atoms with Crippen LogP contribution in [0.2, 0.25) is 5.02 Å². The molecule has 0 spiro atoms. The lowest BCUT2D eigenvalue weighted by molar-refractivity contribution is 0.102. The first-order valence-corrected chi connectivity index (χ1v) is 8.09. The zero-order valence-corrected chi connectivity index (χ0v) is 14.7. The van der Waals surface area contributed by atoms with Gasteiger partial charge in [-0.15, -0.1) is 0 Å². The van der Waals surface area contributed by atoms with Gasteiger partial charge in [0.15, 0.2) is 0 Å². The van der Waals surface area contributed by atoms with Crippen LogP contribution < -0.4 is 10.6 Å². The molecule has 0 radical (unpaired) electrons. The molecule has 4 nitrogen and oxygen atoms in total. The van der Waals surface area contributed by atoms with Crippen molar-refractivity contribution in [1.29, 1.82) is 0 Å². The van der Waals surface area contributed by atoms with Crippen LogP contribution >= 0.6 is 11.6 Å². The van der Waals surface area contributed by atoms with E-state index in [1.807, 2.05) is 32.0 Å². The second kappa shape index (κ2) is 7.47. The van der Waals surface area contributed by atoms with Gasteiger partial charge in [-0.1, -0.05) is 24.6 Å². The number of pyridine rings is 1. The number of hydrogen-bond acceptors (Lipinski definition) is 3. The van der Waals surface area contributed by atoms with Gasteiger partial charge in [-0.2, -0.15) is 0 Å². The smallest absolute Gasteiger partial charge is 0.274 e. The molecule has 2 aromatic rings. The average molecular weight is 332 g/mol. The number of benzene rings is 1. The Morgan fingerprint density at radius 1 is 1.30 bits per heavy atom. The van der Waals surface area contributed by atoms with Crippen LogP contribution in [0, 0.1) is 13.8 Å². The maximum Gasteiger partial charge on any atom is 0.274 e. The molecule has 0 saturated carbocycles. The van der Waals surface area contributed by atoms with Gasteiger partial charge in [0.05, 0.1) is 10.7 Å². The van der Waals surface area contributed by atoms with E-state index in [1.165, 1.54) is 0 Å². The summed E-state index contributed by atoms with van der Waals surface area (Å²) in [5.74, 6) is -0.272. The minimum Gasteiger partial charge on any atom is -0.382 e. The predicted molar refractivity (Wildman–Crippen MR) is 96.5 cm³/mol. The van der Waals surface area contributed by atoms with E-state index in [0.29, 0.717) is 22.4 Å². The van der Waals surface area contributed by atoms with Crippen LogP contribution in [0.1, 0.15) is 41.9 Å². The molecule has 0 aliphatic heterocycles. The van der Waals surface area contributed by atoms with E-state index >= 15 is 0 Å². The number of aryl methyl sites for hydroxylation is 2. The number of halogens is 1. The third kappa shape index (κ3) is 4.45. The van der Waals surface area contributed by atoms with E-state index in [1.54, 1.807) is 12.3 Å². The lowest BCUT2D eigenvalue weighted by atomic mass is 10.1. The number of anilines is 2. The van der Waals surface area contributed by atoms with Crippen LogP contribution in [0.3, 0.4) is 0 Å². The molecule has 0 aliphatic rings. The van der Waals surface area contributed by atoms with Crippen LogP contribution in [0.15, 0.2) is 30.5 Å². The second-order valence-electron chi connectivity index (χ2n) is 5.78. The Balaban J connectivity index is 2.20. The topological polar surface area (TPSA) is 54.0 Å². The highest BCUT2D eigenvalue weighted by atomic mass is 35.5. The summed E-state index contributed by atoms with van der Waals surface area (Å²) in [6, 6.07) is 7.75. The van der Waals surface area contributed by atoms with Gasteiger partial charge in [-0.05, 0) is 56.5 Å². The summed E-state index contributed by atoms with van der Waals surface area (Å²) in [6.45, 7) is 8.09. The molecule has 122 valence electrons. The molecule has 1 atom stereocenters. The predicted octanol–water partition coefficient (Wildman–Crippen LogP) is 4.81. The maximum absolute atomic E-state index is 12.5. The Kier molecular flexibility index (Phi) is 5.61. The molecule has 0 aliphatic carbocycles. The van der Waals surface area contributed by atoms with Crippen LogP contribution in [-0.2, 0) is 0 Å². The molecule has 1 heterocycles. The van der Waals surface area contributed by atoms with E-state index in [-0.39, 0.29) is 5.91 Å². The largest absolute Gasteiger partial charge is 0.382 e. The maximum atomic E-state index is 12.5. The summed E-state index contributed by atoms with van der Waals surface area (Å²) in [7, 11) is 0. The first-order valence-electron chi connectivity index (χ1n) is 7.71. The molecule has 0 fully saturated rings. The fourth-order valence-corrected chi connectivity index (χ4v) is 2.65. The lowest BCUT2D eigenvalue weighted by Crippen LogP contribution is -2.17. The van der Waals surface area contributed by atoms with E-state index in [2.05, 4.69) is 29.5 Å². The lowest BCUT2D eigenvalue weighted by Gasteiger charge is -2.14. The molecular weight excluding hydrogens is 310 g/mol. The van der Waals surface area contributed by atoms with E-state index in [4.69, 9.17) is 11.6 Å². The Morgan fingerprint density at radius 2 is 2.04 bits per heavy atom. The van der Waals surface area contributed by atoms with Crippen molar-refractivity contribution in [1.82, 2.24) is 4.98 Å². The molecular formula is C18H22ClN3O. The number of carbonyl (C=O) groups is 1. The summed E-state index contributed by atoms with van der Waals surface area (Å²) in [6.07, 6.45) is 2.63. The molecule has 23 heavy (non-hydrogen) atoms. The summed E-state index contributed by atoms with van der Waals surface area (Å²) in [5.41, 5.74) is 3.85. The molecule has 2 rings (SSSR count). The van der Waals surface area contributed by atoms with Gasteiger partial charge in [0.1, 0.15) is 5.69 Å². The van der Waals surface area contributed by atoms with Crippen LogP contribution in [-0.4, -0.2) is 16.9 Å². The molecule has 2 N–H and O–H groups in total. The van der Waals surface area contributed by atoms with E-state index in [9.17, 15) is 4.79 Å². The molecule has 1 amide bonds. The summed E-state index contributed by atoms with van der Waals surface area (Å²) in [4.78, 5) is 16.6. The number of rotatable bonds is 5. The number of nitrogens with zero attached hydrogens (tertiary/aromatic N) is 1. The van der Waals surface area contributed by atoms with E-state index < -0.39 is 0 Å². The molecule has 0 saturated heterocycles. The first kappa shape index (κ1) is 17.3. The second-order valence-corrected chi connectivity index (χ2v) is 6.18. The van der Waals surface area contributed by atoms with Gasteiger partial charge in [-0.3, -0.25) is 9.78 Å². The highest BCUT2D eigenvalue weighted by Crippen LogP contribution is 2.27.